The Morgan fingerprint density at radius 3 is 2.76 bits per heavy atom. The highest BCUT2D eigenvalue weighted by Crippen LogP contribution is 2.44. The maximum Gasteiger partial charge on any atom is 0.132 e. The van der Waals surface area contributed by atoms with Crippen molar-refractivity contribution in [1.82, 2.24) is 0 Å². The van der Waals surface area contributed by atoms with E-state index in [0.29, 0.717) is 6.42 Å². The number of benzene rings is 1. The molecule has 0 heterocycles. The van der Waals surface area contributed by atoms with Crippen molar-refractivity contribution in [3.05, 3.63) is 35.4 Å². The van der Waals surface area contributed by atoms with Gasteiger partial charge in [-0.25, -0.2) is 8.78 Å². The zero-order valence-electron chi connectivity index (χ0n) is 10.0. The summed E-state index contributed by atoms with van der Waals surface area (Å²) in [5.41, 5.74) is -0.865. The molecule has 2 rings (SSSR count). The normalized spacial score (nSPS) is 29.3. The Morgan fingerprint density at radius 1 is 1.35 bits per heavy atom. The minimum absolute atomic E-state index is 0.0659. The molecule has 1 aromatic carbocycles. The van der Waals surface area contributed by atoms with Crippen molar-refractivity contribution >= 4 is 0 Å². The lowest BCUT2D eigenvalue weighted by Gasteiger charge is -2.40. The molecule has 2 unspecified atom stereocenters. The second-order valence-electron chi connectivity index (χ2n) is 4.90. The maximum atomic E-state index is 13.8. The Balaban J connectivity index is 2.41. The Kier molecular flexibility index (Phi) is 3.48. The average Bonchev–Trinajstić information content (AvgIpc) is 2.29. The topological polar surface area (TPSA) is 20.2 Å². The summed E-state index contributed by atoms with van der Waals surface area (Å²) in [6.45, 7) is 2.00. The largest absolute Gasteiger partial charge is 0.385 e. The molecule has 17 heavy (non-hydrogen) atoms. The van der Waals surface area contributed by atoms with Crippen molar-refractivity contribution in [2.24, 2.45) is 5.92 Å². The van der Waals surface area contributed by atoms with Crippen molar-refractivity contribution in [2.75, 3.05) is 0 Å². The van der Waals surface area contributed by atoms with E-state index in [0.717, 1.165) is 31.7 Å². The molecule has 1 aromatic rings. The van der Waals surface area contributed by atoms with E-state index in [1.165, 1.54) is 12.1 Å². The van der Waals surface area contributed by atoms with Gasteiger partial charge in [0.2, 0.25) is 0 Å². The molecule has 0 bridgehead atoms. The van der Waals surface area contributed by atoms with Gasteiger partial charge in [0, 0.05) is 11.6 Å². The van der Waals surface area contributed by atoms with Crippen molar-refractivity contribution in [2.45, 2.75) is 44.6 Å². The lowest BCUT2D eigenvalue weighted by molar-refractivity contribution is -0.0583. The van der Waals surface area contributed by atoms with Crippen LogP contribution in [0.2, 0.25) is 0 Å². The fourth-order valence-electron chi connectivity index (χ4n) is 2.97. The van der Waals surface area contributed by atoms with Crippen molar-refractivity contribution in [1.29, 1.82) is 0 Å². The van der Waals surface area contributed by atoms with Crippen LogP contribution in [0.25, 0.3) is 0 Å². The van der Waals surface area contributed by atoms with Gasteiger partial charge in [0.15, 0.2) is 0 Å². The number of hydrogen-bond donors (Lipinski definition) is 1. The van der Waals surface area contributed by atoms with Crippen molar-refractivity contribution in [3.8, 4) is 0 Å². The molecule has 0 amide bonds. The Labute approximate surface area is 100 Å². The molecule has 0 saturated heterocycles. The van der Waals surface area contributed by atoms with Crippen LogP contribution in [0, 0.1) is 17.6 Å². The molecule has 1 nitrogen and oxygen atoms in total. The number of hydrogen-bond acceptors (Lipinski definition) is 1. The molecular weight excluding hydrogens is 222 g/mol. The van der Waals surface area contributed by atoms with E-state index in [1.54, 1.807) is 0 Å². The summed E-state index contributed by atoms with van der Waals surface area (Å²) in [6.07, 6.45) is 4.25. The van der Waals surface area contributed by atoms with E-state index < -0.39 is 17.2 Å². The van der Waals surface area contributed by atoms with Crippen LogP contribution in [-0.2, 0) is 5.60 Å². The third-order valence-electron chi connectivity index (χ3n) is 3.93. The first-order chi connectivity index (χ1) is 8.08. The second-order valence-corrected chi connectivity index (χ2v) is 4.90. The summed E-state index contributed by atoms with van der Waals surface area (Å²) < 4.78 is 26.7. The Bertz CT molecular complexity index is 405. The van der Waals surface area contributed by atoms with Crippen LogP contribution in [0.4, 0.5) is 8.78 Å². The van der Waals surface area contributed by atoms with Gasteiger partial charge in [0.25, 0.3) is 0 Å². The summed E-state index contributed by atoms with van der Waals surface area (Å²) in [4.78, 5) is 0. The molecule has 94 valence electrons. The standard InChI is InChI=1S/C14H18F2O/c1-2-10-5-3-4-8-14(10,17)12-7-6-11(15)9-13(12)16/h6-7,9-10,17H,2-5,8H2,1H3. The molecule has 3 heteroatoms. The smallest absolute Gasteiger partial charge is 0.132 e. The van der Waals surface area contributed by atoms with E-state index in [4.69, 9.17) is 0 Å². The van der Waals surface area contributed by atoms with Gasteiger partial charge in [-0.3, -0.25) is 0 Å². The lowest BCUT2D eigenvalue weighted by atomic mass is 9.70. The highest BCUT2D eigenvalue weighted by atomic mass is 19.1. The third kappa shape index (κ3) is 2.21. The van der Waals surface area contributed by atoms with E-state index >= 15 is 0 Å². The summed E-state index contributed by atoms with van der Waals surface area (Å²) in [5, 5.41) is 10.7. The molecule has 1 aliphatic carbocycles. The van der Waals surface area contributed by atoms with E-state index in [2.05, 4.69) is 0 Å². The zero-order chi connectivity index (χ0) is 12.5. The van der Waals surface area contributed by atoms with Gasteiger partial charge < -0.3 is 5.11 Å². The van der Waals surface area contributed by atoms with E-state index in [1.807, 2.05) is 6.92 Å². The van der Waals surface area contributed by atoms with Gasteiger partial charge in [-0.05, 0) is 24.8 Å². The lowest BCUT2D eigenvalue weighted by Crippen LogP contribution is -2.38. The molecule has 0 spiro atoms. The van der Waals surface area contributed by atoms with Gasteiger partial charge in [0.1, 0.15) is 11.6 Å². The molecule has 0 aliphatic heterocycles. The summed E-state index contributed by atoms with van der Waals surface area (Å²) in [6, 6.07) is 3.46. The van der Waals surface area contributed by atoms with Crippen molar-refractivity contribution in [3.63, 3.8) is 0 Å². The number of aliphatic hydroxyl groups is 1. The van der Waals surface area contributed by atoms with Crippen LogP contribution in [0.1, 0.15) is 44.6 Å². The van der Waals surface area contributed by atoms with Gasteiger partial charge in [0.05, 0.1) is 5.60 Å². The molecule has 0 aromatic heterocycles. The highest BCUT2D eigenvalue weighted by Gasteiger charge is 2.40. The van der Waals surface area contributed by atoms with E-state index in [-0.39, 0.29) is 11.5 Å². The number of halogens is 2. The molecule has 1 fully saturated rings. The molecular formula is C14H18F2O. The average molecular weight is 240 g/mol. The van der Waals surface area contributed by atoms with Crippen LogP contribution in [0.15, 0.2) is 18.2 Å². The quantitative estimate of drug-likeness (QED) is 0.834. The second kappa shape index (κ2) is 4.73. The van der Waals surface area contributed by atoms with E-state index in [9.17, 15) is 13.9 Å². The van der Waals surface area contributed by atoms with Gasteiger partial charge >= 0.3 is 0 Å². The first kappa shape index (κ1) is 12.5. The Hall–Kier alpha value is -0.960. The molecule has 2 atom stereocenters. The predicted octanol–water partition coefficient (Wildman–Crippen LogP) is 3.75. The fourth-order valence-corrected chi connectivity index (χ4v) is 2.97. The first-order valence-electron chi connectivity index (χ1n) is 6.26. The third-order valence-corrected chi connectivity index (χ3v) is 3.93. The molecule has 1 aliphatic rings. The molecule has 1 N–H and O–H groups in total. The SMILES string of the molecule is CCC1CCCCC1(O)c1ccc(F)cc1F. The summed E-state index contributed by atoms with van der Waals surface area (Å²) in [5.74, 6) is -1.16. The summed E-state index contributed by atoms with van der Waals surface area (Å²) in [7, 11) is 0. The maximum absolute atomic E-state index is 13.8. The van der Waals surface area contributed by atoms with Crippen LogP contribution in [0.3, 0.4) is 0 Å². The summed E-state index contributed by atoms with van der Waals surface area (Å²) >= 11 is 0. The van der Waals surface area contributed by atoms with Gasteiger partial charge in [-0.2, -0.15) is 0 Å². The first-order valence-corrected chi connectivity index (χ1v) is 6.26. The van der Waals surface area contributed by atoms with Gasteiger partial charge in [-0.15, -0.1) is 0 Å². The van der Waals surface area contributed by atoms with Crippen LogP contribution in [-0.4, -0.2) is 5.11 Å². The van der Waals surface area contributed by atoms with Crippen LogP contribution < -0.4 is 0 Å². The van der Waals surface area contributed by atoms with Gasteiger partial charge in [-0.1, -0.05) is 32.3 Å². The van der Waals surface area contributed by atoms with Crippen LogP contribution >= 0.6 is 0 Å². The minimum Gasteiger partial charge on any atom is -0.385 e. The fraction of sp³-hybridized carbons (Fsp3) is 0.571. The number of rotatable bonds is 2. The van der Waals surface area contributed by atoms with Crippen molar-refractivity contribution < 1.29 is 13.9 Å². The highest BCUT2D eigenvalue weighted by molar-refractivity contribution is 5.26. The monoisotopic (exact) mass is 240 g/mol. The van der Waals surface area contributed by atoms with Crippen LogP contribution in [0.5, 0.6) is 0 Å². The molecule has 0 radical (unpaired) electrons. The minimum atomic E-state index is -1.12. The zero-order valence-corrected chi connectivity index (χ0v) is 10.0. The Morgan fingerprint density at radius 2 is 2.12 bits per heavy atom. The molecule has 1 saturated carbocycles. The predicted molar refractivity (Wildman–Crippen MR) is 62.5 cm³/mol.